The fourth-order valence-corrected chi connectivity index (χ4v) is 6.55. The van der Waals surface area contributed by atoms with Crippen LogP contribution in [0, 0.1) is 0 Å². The number of rotatable bonds is 37. The van der Waals surface area contributed by atoms with Crippen molar-refractivity contribution in [2.75, 3.05) is 19.8 Å². The number of unbranched alkanes of at least 4 members (excludes halogenated alkanes) is 18. The summed E-state index contributed by atoms with van der Waals surface area (Å²) in [7, 11) is 0. The summed E-state index contributed by atoms with van der Waals surface area (Å²) >= 11 is 0. The molecule has 2 unspecified atom stereocenters. The van der Waals surface area contributed by atoms with Crippen LogP contribution < -0.4 is 0 Å². The molecule has 330 valence electrons. The maximum atomic E-state index is 12.8. The van der Waals surface area contributed by atoms with Gasteiger partial charge in [0.2, 0.25) is 0 Å². The molecule has 0 aromatic carbocycles. The summed E-state index contributed by atoms with van der Waals surface area (Å²) in [5.41, 5.74) is 0. The summed E-state index contributed by atoms with van der Waals surface area (Å²) in [4.78, 5) is 25.3. The second kappa shape index (κ2) is 37.9. The van der Waals surface area contributed by atoms with E-state index in [1.807, 2.05) is 0 Å². The molecule has 0 radical (unpaired) electrons. The molecule has 1 rings (SSSR count). The summed E-state index contributed by atoms with van der Waals surface area (Å²) in [6.45, 7) is 3.35. The largest absolute Gasteiger partial charge is 0.462 e. The lowest BCUT2D eigenvalue weighted by molar-refractivity contribution is -0.305. The molecule has 10 nitrogen and oxygen atoms in total. The Morgan fingerprint density at radius 2 is 1.00 bits per heavy atom. The van der Waals surface area contributed by atoms with Gasteiger partial charge >= 0.3 is 11.9 Å². The molecular formula is C47H82O10. The Morgan fingerprint density at radius 3 is 1.54 bits per heavy atom. The predicted molar refractivity (Wildman–Crippen MR) is 229 cm³/mol. The number of hydrogen-bond donors (Lipinski definition) is 4. The Labute approximate surface area is 346 Å². The lowest BCUT2D eigenvalue weighted by atomic mass is 9.99. The van der Waals surface area contributed by atoms with Gasteiger partial charge in [-0.2, -0.15) is 0 Å². The molecule has 0 aliphatic carbocycles. The minimum Gasteiger partial charge on any atom is -0.462 e. The van der Waals surface area contributed by atoms with Gasteiger partial charge < -0.3 is 39.4 Å². The number of ether oxygens (including phenoxy) is 4. The van der Waals surface area contributed by atoms with Crippen LogP contribution >= 0.6 is 0 Å². The molecule has 1 aliphatic rings. The van der Waals surface area contributed by atoms with E-state index in [0.29, 0.717) is 12.8 Å². The zero-order chi connectivity index (χ0) is 41.6. The second-order valence-electron chi connectivity index (χ2n) is 15.5. The van der Waals surface area contributed by atoms with Crippen LogP contribution in [0.2, 0.25) is 0 Å². The maximum Gasteiger partial charge on any atom is 0.306 e. The highest BCUT2D eigenvalue weighted by molar-refractivity contribution is 5.70. The molecule has 0 aromatic heterocycles. The summed E-state index contributed by atoms with van der Waals surface area (Å²) in [5, 5.41) is 40.1. The molecule has 6 atom stereocenters. The molecule has 4 N–H and O–H groups in total. The van der Waals surface area contributed by atoms with E-state index >= 15 is 0 Å². The zero-order valence-electron chi connectivity index (χ0n) is 35.8. The van der Waals surface area contributed by atoms with Gasteiger partial charge in [0.1, 0.15) is 31.0 Å². The Kier molecular flexibility index (Phi) is 35.0. The van der Waals surface area contributed by atoms with E-state index < -0.39 is 55.4 Å². The van der Waals surface area contributed by atoms with E-state index in [9.17, 15) is 30.0 Å². The molecule has 0 spiro atoms. The van der Waals surface area contributed by atoms with Gasteiger partial charge in [-0.15, -0.1) is 0 Å². The van der Waals surface area contributed by atoms with Gasteiger partial charge in [0.25, 0.3) is 0 Å². The van der Waals surface area contributed by atoms with Crippen molar-refractivity contribution in [2.45, 2.75) is 218 Å². The third-order valence-electron chi connectivity index (χ3n) is 10.2. The Bertz CT molecular complexity index is 1070. The van der Waals surface area contributed by atoms with Gasteiger partial charge in [-0.1, -0.05) is 146 Å². The number of carbonyl (C=O) groups is 2. The Balaban J connectivity index is 2.38. The Hall–Kier alpha value is -2.34. The standard InChI is InChI=1S/C47H82O10/c1-3-5-7-9-11-13-15-17-19-20-22-23-25-27-29-31-33-35-42(49)54-38-40(39-55-47-46(53)45(52)44(51)41(37-48)57-47)56-43(50)36-34-32-30-28-26-24-21-18-16-14-12-10-8-6-4-2/h17-19,21-23,27,29,40-41,44-48,51-53H,3-16,20,24-26,28,30-39H2,1-2H3/b19-17+,21-18+,23-22+,29-27+/t40-,41-,44+,45?,46?,47-/m0/s1. The van der Waals surface area contributed by atoms with Crippen LogP contribution in [0.3, 0.4) is 0 Å². The van der Waals surface area contributed by atoms with E-state index in [1.54, 1.807) is 0 Å². The minimum atomic E-state index is -1.60. The number of allylic oxidation sites excluding steroid dienone is 8. The SMILES string of the molecule is CCCCCCCC/C=C/C/C=C/C/C=C/CCCC(=O)OC[C@@H](CO[C@H]1O[C@@H](CO)[C@@H](O)C(O)C1O)OC(=O)CCCCCCC/C=C/CCCCCCCC. The number of carbonyl (C=O) groups excluding carboxylic acids is 2. The molecule has 0 bridgehead atoms. The van der Waals surface area contributed by atoms with E-state index in [1.165, 1.54) is 77.0 Å². The molecule has 1 saturated heterocycles. The van der Waals surface area contributed by atoms with Crippen LogP contribution in [-0.2, 0) is 28.5 Å². The molecule has 0 aromatic rings. The van der Waals surface area contributed by atoms with Crippen molar-refractivity contribution in [3.63, 3.8) is 0 Å². The van der Waals surface area contributed by atoms with Gasteiger partial charge in [-0.05, 0) is 70.6 Å². The third-order valence-corrected chi connectivity index (χ3v) is 10.2. The van der Waals surface area contributed by atoms with E-state index in [0.717, 1.165) is 64.2 Å². The van der Waals surface area contributed by atoms with Gasteiger partial charge in [0.15, 0.2) is 12.4 Å². The second-order valence-corrected chi connectivity index (χ2v) is 15.5. The molecule has 0 saturated carbocycles. The first-order valence-corrected chi connectivity index (χ1v) is 22.7. The number of aliphatic hydroxyl groups excluding tert-OH is 4. The number of aliphatic hydroxyl groups is 4. The van der Waals surface area contributed by atoms with Gasteiger partial charge in [0.05, 0.1) is 13.2 Å². The average molecular weight is 807 g/mol. The number of hydrogen-bond acceptors (Lipinski definition) is 10. The summed E-state index contributed by atoms with van der Waals surface area (Å²) in [6.07, 6.45) is 36.9. The van der Waals surface area contributed by atoms with E-state index in [4.69, 9.17) is 18.9 Å². The first-order chi connectivity index (χ1) is 27.8. The first kappa shape index (κ1) is 52.7. The minimum absolute atomic E-state index is 0.201. The van der Waals surface area contributed by atoms with Crippen molar-refractivity contribution in [2.24, 2.45) is 0 Å². The summed E-state index contributed by atoms with van der Waals surface area (Å²) in [6, 6.07) is 0. The van der Waals surface area contributed by atoms with Crippen LogP contribution in [0.4, 0.5) is 0 Å². The van der Waals surface area contributed by atoms with Crippen LogP contribution in [0.1, 0.15) is 181 Å². The highest BCUT2D eigenvalue weighted by atomic mass is 16.7. The fraction of sp³-hybridized carbons (Fsp3) is 0.787. The van der Waals surface area contributed by atoms with Crippen molar-refractivity contribution in [1.82, 2.24) is 0 Å². The van der Waals surface area contributed by atoms with Crippen LogP contribution in [0.25, 0.3) is 0 Å². The average Bonchev–Trinajstić information content (AvgIpc) is 3.21. The topological polar surface area (TPSA) is 152 Å². The molecule has 1 aliphatic heterocycles. The van der Waals surface area contributed by atoms with Gasteiger partial charge in [0, 0.05) is 12.8 Å². The summed E-state index contributed by atoms with van der Waals surface area (Å²) in [5.74, 6) is -0.878. The normalized spacial score (nSPS) is 20.7. The van der Waals surface area contributed by atoms with Crippen molar-refractivity contribution < 1.29 is 49.0 Å². The molecule has 1 fully saturated rings. The highest BCUT2D eigenvalue weighted by Crippen LogP contribution is 2.22. The first-order valence-electron chi connectivity index (χ1n) is 22.7. The molecular weight excluding hydrogens is 725 g/mol. The predicted octanol–water partition coefficient (Wildman–Crippen LogP) is 9.67. The summed E-state index contributed by atoms with van der Waals surface area (Å²) < 4.78 is 22.1. The third kappa shape index (κ3) is 29.5. The maximum absolute atomic E-state index is 12.8. The zero-order valence-corrected chi connectivity index (χ0v) is 35.8. The van der Waals surface area contributed by atoms with E-state index in [2.05, 4.69) is 62.5 Å². The highest BCUT2D eigenvalue weighted by Gasteiger charge is 2.44. The van der Waals surface area contributed by atoms with Crippen LogP contribution in [-0.4, -0.2) is 89.0 Å². The smallest absolute Gasteiger partial charge is 0.306 e. The Morgan fingerprint density at radius 1 is 0.544 bits per heavy atom. The van der Waals surface area contributed by atoms with E-state index in [-0.39, 0.29) is 26.1 Å². The molecule has 10 heteroatoms. The number of esters is 2. The van der Waals surface area contributed by atoms with Crippen molar-refractivity contribution >= 4 is 11.9 Å². The molecule has 0 amide bonds. The van der Waals surface area contributed by atoms with Gasteiger partial charge in [-0.3, -0.25) is 9.59 Å². The van der Waals surface area contributed by atoms with Crippen molar-refractivity contribution in [1.29, 1.82) is 0 Å². The lowest BCUT2D eigenvalue weighted by Gasteiger charge is -2.39. The molecule has 1 heterocycles. The van der Waals surface area contributed by atoms with Crippen molar-refractivity contribution in [3.05, 3.63) is 48.6 Å². The van der Waals surface area contributed by atoms with Crippen molar-refractivity contribution in [3.8, 4) is 0 Å². The van der Waals surface area contributed by atoms with Crippen LogP contribution in [0.15, 0.2) is 48.6 Å². The van der Waals surface area contributed by atoms with Crippen LogP contribution in [0.5, 0.6) is 0 Å². The molecule has 57 heavy (non-hydrogen) atoms. The van der Waals surface area contributed by atoms with Gasteiger partial charge in [-0.25, -0.2) is 0 Å². The lowest BCUT2D eigenvalue weighted by Crippen LogP contribution is -2.59. The monoisotopic (exact) mass is 807 g/mol. The quantitative estimate of drug-likeness (QED) is 0.0271. The fourth-order valence-electron chi connectivity index (χ4n) is 6.55.